The Bertz CT molecular complexity index is 2720. The van der Waals surface area contributed by atoms with Crippen LogP contribution in [-0.2, 0) is 44.7 Å². The molecule has 3 aliphatic rings. The largest absolute Gasteiger partial charge is 0.488 e. The van der Waals surface area contributed by atoms with E-state index in [-0.39, 0.29) is 82.8 Å². The number of likely N-dealkylation sites (tertiary alicyclic amines) is 1. The Kier molecular flexibility index (Phi) is 20.2. The van der Waals surface area contributed by atoms with Crippen LogP contribution in [0.25, 0.3) is 10.4 Å². The van der Waals surface area contributed by atoms with Gasteiger partial charge in [0.1, 0.15) is 36.4 Å². The van der Waals surface area contributed by atoms with E-state index in [2.05, 4.69) is 26.3 Å². The average Bonchev–Trinajstić information content (AvgIpc) is 4.13. The minimum atomic E-state index is -1.24. The van der Waals surface area contributed by atoms with Crippen LogP contribution >= 0.6 is 11.3 Å². The number of unbranched alkanes of at least 4 members (excludes halogenated alkanes) is 1. The van der Waals surface area contributed by atoms with E-state index in [0.29, 0.717) is 24.1 Å². The second-order valence-corrected chi connectivity index (χ2v) is 23.3. The average molecular weight is 1100 g/mol. The molecule has 0 spiro atoms. The number of primary amides is 1. The number of fused-ring (bicyclic) bond motifs is 1. The van der Waals surface area contributed by atoms with Crippen molar-refractivity contribution in [1.82, 2.24) is 41.0 Å². The van der Waals surface area contributed by atoms with Gasteiger partial charge in [-0.05, 0) is 94.9 Å². The third-order valence-electron chi connectivity index (χ3n) is 13.9. The second kappa shape index (κ2) is 26.1. The number of ether oxygens (including phenoxy) is 2. The minimum Gasteiger partial charge on any atom is -0.488 e. The van der Waals surface area contributed by atoms with Gasteiger partial charge in [-0.25, -0.2) is 14.2 Å². The van der Waals surface area contributed by atoms with Gasteiger partial charge in [-0.1, -0.05) is 63.2 Å². The summed E-state index contributed by atoms with van der Waals surface area (Å²) >= 11 is 1.55. The van der Waals surface area contributed by atoms with Gasteiger partial charge >= 0.3 is 6.09 Å². The summed E-state index contributed by atoms with van der Waals surface area (Å²) in [6, 6.07) is 6.92. The molecule has 4 heterocycles. The number of nitrogens with zero attached hydrogens (tertiary/aromatic N) is 4. The number of aromatic nitrogens is 1. The molecule has 1 aromatic heterocycles. The lowest BCUT2D eigenvalue weighted by atomic mass is 9.85. The summed E-state index contributed by atoms with van der Waals surface area (Å²) in [6.07, 6.45) is 1.22. The molecule has 2 saturated heterocycles. The van der Waals surface area contributed by atoms with Gasteiger partial charge in [-0.3, -0.25) is 33.6 Å². The quantitative estimate of drug-likeness (QED) is 0.0807. The van der Waals surface area contributed by atoms with Crippen LogP contribution in [0, 0.1) is 18.2 Å². The molecule has 20 nitrogen and oxygen atoms in total. The van der Waals surface area contributed by atoms with Crippen molar-refractivity contribution in [3.8, 4) is 16.2 Å². The first kappa shape index (κ1) is 60.3. The van der Waals surface area contributed by atoms with Crippen LogP contribution in [-0.4, -0.2) is 140 Å². The molecule has 3 aromatic rings. The van der Waals surface area contributed by atoms with Crippen molar-refractivity contribution < 1.29 is 57.3 Å². The number of halogens is 1. The van der Waals surface area contributed by atoms with Crippen LogP contribution in [0.5, 0.6) is 5.75 Å². The zero-order valence-electron chi connectivity index (χ0n) is 46.1. The summed E-state index contributed by atoms with van der Waals surface area (Å²) in [5, 5.41) is 22.0. The van der Waals surface area contributed by atoms with E-state index in [1.807, 2.05) is 38.1 Å². The summed E-state index contributed by atoms with van der Waals surface area (Å²) < 4.78 is 27.4. The number of rotatable bonds is 20. The van der Waals surface area contributed by atoms with E-state index in [4.69, 9.17) is 15.2 Å². The Morgan fingerprint density at radius 3 is 2.28 bits per heavy atom. The standard InChI is InChI=1S/C56H76FN9O11S/c1-32(35-17-19-37(20-18-35)48-33(2)59-31-78-48)60-51(72)43-27-40(68)28-65(43)53(74)49(55(4,5)6)63-46(70)16-11-10-13-36-14-12-15-44(47(36)57)76-30-38(21-24-45(58)69)61-50(71)42-23-22-39-25-26-64(34(3)67)29-41(52(73)66(39)42)62-54(75)77-56(7,8)9/h12,14-15,17-20,22,31-32,38,40-43,49,68H,10-11,13,16,21,23-30H2,1-9H3,(H2,58,69)(H,60,72)(H,61,71)(H,62,75)(H,63,70)/t32-,38-,40+,41-,42-,43-,49+/m0/s1. The SMILES string of the molecule is CC(=O)N1CCC2=CC[C@@H](C(=O)N[C@@H](CCC(N)=O)COc3cccc(CCCCC(=O)N[C@H](C(=O)N4C[C@H](O)C[C@H]4C(=O)N[C@@H](C)c4ccc(-c5scnc5C)cc4)C(C)(C)C)c3F)N2C(=O)[C@@H](NC(=O)OC(C)(C)C)C1. The number of benzene rings is 2. The molecule has 8 amide bonds. The molecule has 0 aliphatic carbocycles. The van der Waals surface area contributed by atoms with Gasteiger partial charge in [-0.2, -0.15) is 0 Å². The fourth-order valence-electron chi connectivity index (χ4n) is 9.76. The van der Waals surface area contributed by atoms with Gasteiger partial charge in [0.2, 0.25) is 35.4 Å². The van der Waals surface area contributed by atoms with Crippen molar-refractivity contribution in [2.75, 3.05) is 26.2 Å². The molecule has 6 rings (SSSR count). The number of carbonyl (C=O) groups excluding carboxylic acids is 8. The maximum absolute atomic E-state index is 16.0. The number of nitrogens with two attached hydrogens (primary N) is 1. The van der Waals surface area contributed by atoms with Crippen molar-refractivity contribution >= 4 is 58.8 Å². The zero-order chi connectivity index (χ0) is 57.2. The Morgan fingerprint density at radius 1 is 0.936 bits per heavy atom. The maximum atomic E-state index is 16.0. The van der Waals surface area contributed by atoms with Crippen molar-refractivity contribution in [3.63, 3.8) is 0 Å². The van der Waals surface area contributed by atoms with Gasteiger partial charge < -0.3 is 56.3 Å². The molecule has 424 valence electrons. The monoisotopic (exact) mass is 1100 g/mol. The predicted octanol–water partition coefficient (Wildman–Crippen LogP) is 5.10. The van der Waals surface area contributed by atoms with Gasteiger partial charge in [0.25, 0.3) is 5.91 Å². The molecule has 7 N–H and O–H groups in total. The number of alkyl carbamates (subject to hydrolysis) is 1. The minimum absolute atomic E-state index is 0.0170. The summed E-state index contributed by atoms with van der Waals surface area (Å²) in [5.74, 6) is -4.23. The van der Waals surface area contributed by atoms with Crippen molar-refractivity contribution in [2.45, 2.75) is 168 Å². The number of thiazole rings is 1. The Hall–Kier alpha value is -6.94. The maximum Gasteiger partial charge on any atom is 0.408 e. The van der Waals surface area contributed by atoms with Gasteiger partial charge in [-0.15, -0.1) is 11.3 Å². The Morgan fingerprint density at radius 2 is 1.64 bits per heavy atom. The topological polar surface area (TPSA) is 272 Å². The van der Waals surface area contributed by atoms with E-state index in [1.165, 1.54) is 27.7 Å². The molecule has 2 aromatic carbocycles. The second-order valence-electron chi connectivity index (χ2n) is 22.4. The highest BCUT2D eigenvalue weighted by Gasteiger charge is 2.46. The molecule has 0 radical (unpaired) electrons. The van der Waals surface area contributed by atoms with Crippen molar-refractivity contribution in [3.05, 3.63) is 82.4 Å². The molecule has 22 heteroatoms. The number of aliphatic hydroxyl groups excluding tert-OH is 1. The van der Waals surface area contributed by atoms with E-state index in [0.717, 1.165) is 21.7 Å². The zero-order valence-corrected chi connectivity index (χ0v) is 46.9. The fraction of sp³-hybridized carbons (Fsp3) is 0.554. The van der Waals surface area contributed by atoms with Crippen molar-refractivity contribution in [2.24, 2.45) is 11.1 Å². The van der Waals surface area contributed by atoms with Crippen LogP contribution in [0.1, 0.15) is 130 Å². The number of aryl methyl sites for hydroxylation is 2. The van der Waals surface area contributed by atoms with Crippen LogP contribution in [0.15, 0.2) is 59.7 Å². The summed E-state index contributed by atoms with van der Waals surface area (Å²) in [5.41, 5.74) is 9.24. The molecule has 2 fully saturated rings. The predicted molar refractivity (Wildman–Crippen MR) is 290 cm³/mol. The number of hydrogen-bond donors (Lipinski definition) is 6. The van der Waals surface area contributed by atoms with Crippen LogP contribution in [0.2, 0.25) is 0 Å². The lowest BCUT2D eigenvalue weighted by Gasteiger charge is -2.37. The van der Waals surface area contributed by atoms with E-state index in [9.17, 15) is 43.5 Å². The first-order chi connectivity index (χ1) is 36.7. The van der Waals surface area contributed by atoms with Crippen LogP contribution in [0.4, 0.5) is 9.18 Å². The molecule has 78 heavy (non-hydrogen) atoms. The third kappa shape index (κ3) is 16.1. The fourth-order valence-corrected chi connectivity index (χ4v) is 10.6. The summed E-state index contributed by atoms with van der Waals surface area (Å²) in [7, 11) is 0. The molecular formula is C56H76FN9O11S. The van der Waals surface area contributed by atoms with Crippen LogP contribution < -0.4 is 31.7 Å². The van der Waals surface area contributed by atoms with E-state index >= 15 is 4.39 Å². The molecule has 7 atom stereocenters. The van der Waals surface area contributed by atoms with E-state index in [1.54, 1.807) is 76.6 Å². The van der Waals surface area contributed by atoms with Crippen LogP contribution in [0.3, 0.4) is 0 Å². The number of nitrogens with one attached hydrogen (secondary N) is 4. The molecule has 0 saturated carbocycles. The third-order valence-corrected chi connectivity index (χ3v) is 14.9. The van der Waals surface area contributed by atoms with Gasteiger partial charge in [0.15, 0.2) is 11.6 Å². The molecule has 0 bridgehead atoms. The highest BCUT2D eigenvalue weighted by Crippen LogP contribution is 2.32. The van der Waals surface area contributed by atoms with Crippen molar-refractivity contribution in [1.29, 1.82) is 0 Å². The van der Waals surface area contributed by atoms with E-state index < -0.39 is 101 Å². The number of β-amino-alcohol motifs (C(OH)–C–C–N with tert-alkyl or cyclic N) is 1. The first-order valence-corrected chi connectivity index (χ1v) is 27.4. The smallest absolute Gasteiger partial charge is 0.408 e. The lowest BCUT2D eigenvalue weighted by molar-refractivity contribution is -0.144. The number of amides is 8. The molecule has 0 unspecified atom stereocenters. The number of hydrogen-bond acceptors (Lipinski definition) is 13. The highest BCUT2D eigenvalue weighted by atomic mass is 32.1. The number of carbonyl (C=O) groups is 8. The van der Waals surface area contributed by atoms with Gasteiger partial charge in [0.05, 0.1) is 40.8 Å². The Labute approximate surface area is 459 Å². The number of aliphatic hydroxyl groups is 1. The normalized spacial score (nSPS) is 19.8. The first-order valence-electron chi connectivity index (χ1n) is 26.5. The summed E-state index contributed by atoms with van der Waals surface area (Å²) in [4.78, 5) is 116. The molecular weight excluding hydrogens is 1030 g/mol. The van der Waals surface area contributed by atoms with Gasteiger partial charge in [0, 0.05) is 51.4 Å². The Balaban J connectivity index is 1.02. The molecule has 3 aliphatic heterocycles. The highest BCUT2D eigenvalue weighted by molar-refractivity contribution is 7.13. The summed E-state index contributed by atoms with van der Waals surface area (Å²) in [6.45, 7) is 15.3. The lowest BCUT2D eigenvalue weighted by Crippen LogP contribution is -2.59.